The first-order valence-corrected chi connectivity index (χ1v) is 11.8. The van der Waals surface area contributed by atoms with E-state index in [0.717, 1.165) is 24.0 Å². The molecule has 0 aliphatic heterocycles. The van der Waals surface area contributed by atoms with Crippen LogP contribution in [0.3, 0.4) is 0 Å². The van der Waals surface area contributed by atoms with Gasteiger partial charge in [0.15, 0.2) is 9.84 Å². The lowest BCUT2D eigenvalue weighted by molar-refractivity contribution is 0.297. The lowest BCUT2D eigenvalue weighted by atomic mass is 9.97. The molecule has 0 fully saturated rings. The number of rotatable bonds is 8. The largest absolute Gasteiger partial charge is 0.497 e. The molecule has 0 atom stereocenters. The molecule has 0 bridgehead atoms. The SMILES string of the molecule is CCCCOc1nc(-c2cccc(OC)c2)c(-c2ccc(S(C)(=O)=O)cc2)cc1C#N. The molecule has 7 heteroatoms. The highest BCUT2D eigenvalue weighted by molar-refractivity contribution is 7.90. The van der Waals surface area contributed by atoms with Gasteiger partial charge in [-0.2, -0.15) is 5.26 Å². The fourth-order valence-corrected chi connectivity index (χ4v) is 3.72. The van der Waals surface area contributed by atoms with Gasteiger partial charge in [0.1, 0.15) is 17.4 Å². The van der Waals surface area contributed by atoms with Crippen molar-refractivity contribution in [1.29, 1.82) is 5.26 Å². The Bertz CT molecular complexity index is 1210. The normalized spacial score (nSPS) is 11.0. The standard InChI is InChI=1S/C24H24N2O4S/c1-4-5-13-30-24-19(16-25)15-22(17-9-11-21(12-10-17)31(3,27)28)23(26-24)18-7-6-8-20(14-18)29-2/h6-12,14-15H,4-5,13H2,1-3H3. The maximum Gasteiger partial charge on any atom is 0.232 e. The first-order chi connectivity index (χ1) is 14.9. The van der Waals surface area contributed by atoms with Gasteiger partial charge in [-0.15, -0.1) is 0 Å². The lowest BCUT2D eigenvalue weighted by Gasteiger charge is -2.15. The van der Waals surface area contributed by atoms with Gasteiger partial charge in [0, 0.05) is 17.4 Å². The summed E-state index contributed by atoms with van der Waals surface area (Å²) in [6, 6.07) is 17.9. The second kappa shape index (κ2) is 9.63. The third-order valence-electron chi connectivity index (χ3n) is 4.78. The molecule has 0 radical (unpaired) electrons. The molecule has 3 aromatic rings. The van der Waals surface area contributed by atoms with Crippen LogP contribution < -0.4 is 9.47 Å². The van der Waals surface area contributed by atoms with Gasteiger partial charge in [-0.25, -0.2) is 13.4 Å². The summed E-state index contributed by atoms with van der Waals surface area (Å²) in [5.41, 5.74) is 3.19. The van der Waals surface area contributed by atoms with Crippen molar-refractivity contribution in [3.05, 3.63) is 60.2 Å². The molecule has 1 aromatic heterocycles. The zero-order valence-corrected chi connectivity index (χ0v) is 18.6. The minimum Gasteiger partial charge on any atom is -0.497 e. The fourth-order valence-electron chi connectivity index (χ4n) is 3.09. The molecule has 0 amide bonds. The van der Waals surface area contributed by atoms with Gasteiger partial charge >= 0.3 is 0 Å². The molecule has 160 valence electrons. The Kier molecular flexibility index (Phi) is 6.93. The Hall–Kier alpha value is -3.37. The Labute approximate surface area is 183 Å². The highest BCUT2D eigenvalue weighted by Gasteiger charge is 2.17. The maximum absolute atomic E-state index is 11.8. The van der Waals surface area contributed by atoms with E-state index in [2.05, 4.69) is 18.0 Å². The van der Waals surface area contributed by atoms with Crippen molar-refractivity contribution < 1.29 is 17.9 Å². The van der Waals surface area contributed by atoms with Gasteiger partial charge in [0.25, 0.3) is 0 Å². The van der Waals surface area contributed by atoms with E-state index in [4.69, 9.17) is 9.47 Å². The van der Waals surface area contributed by atoms with Crippen molar-refractivity contribution in [1.82, 2.24) is 4.98 Å². The van der Waals surface area contributed by atoms with Gasteiger partial charge < -0.3 is 9.47 Å². The van der Waals surface area contributed by atoms with Crippen molar-refractivity contribution >= 4 is 9.84 Å². The number of nitrogens with zero attached hydrogens (tertiary/aromatic N) is 2. The number of methoxy groups -OCH3 is 1. The summed E-state index contributed by atoms with van der Waals surface area (Å²) < 4.78 is 34.8. The summed E-state index contributed by atoms with van der Waals surface area (Å²) in [5.74, 6) is 0.959. The summed E-state index contributed by atoms with van der Waals surface area (Å²) in [5, 5.41) is 9.67. The number of unbranched alkanes of at least 4 members (excludes halogenated alkanes) is 1. The number of hydrogen-bond acceptors (Lipinski definition) is 6. The first kappa shape index (κ1) is 22.3. The summed E-state index contributed by atoms with van der Waals surface area (Å²) in [6.07, 6.45) is 2.99. The quantitative estimate of drug-likeness (QED) is 0.468. The minimum absolute atomic E-state index is 0.229. The van der Waals surface area contributed by atoms with E-state index in [9.17, 15) is 13.7 Å². The smallest absolute Gasteiger partial charge is 0.232 e. The highest BCUT2D eigenvalue weighted by Crippen LogP contribution is 2.36. The van der Waals surface area contributed by atoms with Crippen LogP contribution in [0.1, 0.15) is 25.3 Å². The third-order valence-corrected chi connectivity index (χ3v) is 5.91. The lowest BCUT2D eigenvalue weighted by Crippen LogP contribution is -2.03. The van der Waals surface area contributed by atoms with Crippen molar-refractivity contribution in [2.75, 3.05) is 20.0 Å². The monoisotopic (exact) mass is 436 g/mol. The van der Waals surface area contributed by atoms with Crippen LogP contribution in [0.15, 0.2) is 59.5 Å². The van der Waals surface area contributed by atoms with Gasteiger partial charge in [-0.05, 0) is 42.3 Å². The number of nitriles is 1. The van der Waals surface area contributed by atoms with Crippen molar-refractivity contribution in [2.45, 2.75) is 24.7 Å². The molecule has 3 rings (SSSR count). The van der Waals surface area contributed by atoms with Crippen LogP contribution in [-0.2, 0) is 9.84 Å². The second-order valence-electron chi connectivity index (χ2n) is 7.08. The van der Waals surface area contributed by atoms with Crippen LogP contribution in [0, 0.1) is 11.3 Å². The topological polar surface area (TPSA) is 89.3 Å². The Morgan fingerprint density at radius 3 is 2.42 bits per heavy atom. The average Bonchev–Trinajstić information content (AvgIpc) is 2.78. The third kappa shape index (κ3) is 5.22. The summed E-state index contributed by atoms with van der Waals surface area (Å²) in [7, 11) is -1.72. The van der Waals surface area contributed by atoms with Crippen molar-refractivity contribution in [2.24, 2.45) is 0 Å². The molecule has 0 aliphatic carbocycles. The van der Waals surface area contributed by atoms with Gasteiger partial charge in [0.2, 0.25) is 5.88 Å². The molecule has 0 unspecified atom stereocenters. The van der Waals surface area contributed by atoms with Crippen LogP contribution in [0.4, 0.5) is 0 Å². The van der Waals surface area contributed by atoms with Crippen LogP contribution in [-0.4, -0.2) is 33.4 Å². The molecule has 6 nitrogen and oxygen atoms in total. The van der Waals surface area contributed by atoms with Gasteiger partial charge in [-0.3, -0.25) is 0 Å². The number of sulfone groups is 1. The zero-order valence-electron chi connectivity index (χ0n) is 17.8. The molecule has 0 saturated carbocycles. The molecule has 0 saturated heterocycles. The molecule has 0 aliphatic rings. The minimum atomic E-state index is -3.31. The van der Waals surface area contributed by atoms with Crippen LogP contribution in [0.25, 0.3) is 22.4 Å². The van der Waals surface area contributed by atoms with Crippen LogP contribution in [0.2, 0.25) is 0 Å². The molecule has 0 N–H and O–H groups in total. The predicted octanol–water partition coefficient (Wildman–Crippen LogP) is 4.88. The number of hydrogen-bond donors (Lipinski definition) is 0. The zero-order chi connectivity index (χ0) is 22.4. The second-order valence-corrected chi connectivity index (χ2v) is 9.10. The number of ether oxygens (including phenoxy) is 2. The van der Waals surface area contributed by atoms with Gasteiger partial charge in [0.05, 0.1) is 24.3 Å². The molecular weight excluding hydrogens is 412 g/mol. The van der Waals surface area contributed by atoms with E-state index in [1.807, 2.05) is 24.3 Å². The van der Waals surface area contributed by atoms with E-state index >= 15 is 0 Å². The highest BCUT2D eigenvalue weighted by atomic mass is 32.2. The average molecular weight is 437 g/mol. The molecule has 0 spiro atoms. The first-order valence-electron chi connectivity index (χ1n) is 9.90. The Morgan fingerprint density at radius 2 is 1.81 bits per heavy atom. The Morgan fingerprint density at radius 1 is 1.06 bits per heavy atom. The van der Waals surface area contributed by atoms with E-state index in [1.165, 1.54) is 6.26 Å². The van der Waals surface area contributed by atoms with Crippen molar-refractivity contribution in [3.8, 4) is 40.1 Å². The van der Waals surface area contributed by atoms with Crippen molar-refractivity contribution in [3.63, 3.8) is 0 Å². The molecule has 1 heterocycles. The summed E-state index contributed by atoms with van der Waals surface area (Å²) in [6.45, 7) is 2.53. The van der Waals surface area contributed by atoms with Crippen LogP contribution >= 0.6 is 0 Å². The van der Waals surface area contributed by atoms with E-state index in [0.29, 0.717) is 29.2 Å². The number of benzene rings is 2. The number of aromatic nitrogens is 1. The van der Waals surface area contributed by atoms with Gasteiger partial charge in [-0.1, -0.05) is 37.6 Å². The molecular formula is C24H24N2O4S. The predicted molar refractivity (Wildman–Crippen MR) is 120 cm³/mol. The Balaban J connectivity index is 2.19. The maximum atomic E-state index is 11.8. The van der Waals surface area contributed by atoms with Crippen LogP contribution in [0.5, 0.6) is 11.6 Å². The summed E-state index contributed by atoms with van der Waals surface area (Å²) >= 11 is 0. The fraction of sp³-hybridized carbons (Fsp3) is 0.250. The van der Waals surface area contributed by atoms with E-state index < -0.39 is 9.84 Å². The molecule has 31 heavy (non-hydrogen) atoms. The summed E-state index contributed by atoms with van der Waals surface area (Å²) in [4.78, 5) is 4.92. The van der Waals surface area contributed by atoms with E-state index in [-0.39, 0.29) is 10.8 Å². The molecule has 2 aromatic carbocycles. The number of pyridine rings is 1. The van der Waals surface area contributed by atoms with E-state index in [1.54, 1.807) is 37.4 Å².